The zero-order valence-corrected chi connectivity index (χ0v) is 21.0. The highest BCUT2D eigenvalue weighted by Gasteiger charge is 2.33. The third-order valence-corrected chi connectivity index (χ3v) is 6.10. The highest BCUT2D eigenvalue weighted by Crippen LogP contribution is 2.36. The minimum atomic E-state index is -1.02. The van der Waals surface area contributed by atoms with Crippen LogP contribution in [0.2, 0.25) is 0 Å². The average Bonchev–Trinajstić information content (AvgIpc) is 2.92. The number of fused-ring (bicyclic) bond motifs is 2. The van der Waals surface area contributed by atoms with Gasteiger partial charge in [-0.1, -0.05) is 24.3 Å². The number of ketones is 2. The first-order valence-electron chi connectivity index (χ1n) is 12.3. The van der Waals surface area contributed by atoms with Crippen LogP contribution in [0.15, 0.2) is 36.4 Å². The lowest BCUT2D eigenvalue weighted by Gasteiger charge is -2.24. The molecule has 10 heteroatoms. The van der Waals surface area contributed by atoms with Crippen molar-refractivity contribution in [3.63, 3.8) is 0 Å². The van der Waals surface area contributed by atoms with Gasteiger partial charge in [0.15, 0.2) is 11.6 Å². The molecule has 0 aliphatic heterocycles. The summed E-state index contributed by atoms with van der Waals surface area (Å²) in [5.74, 6) is -1.45. The zero-order valence-electron chi connectivity index (χ0n) is 21.0. The number of anilines is 2. The molecule has 200 valence electrons. The summed E-state index contributed by atoms with van der Waals surface area (Å²) in [6.07, 6.45) is 4.49. The van der Waals surface area contributed by atoms with E-state index in [0.717, 1.165) is 26.2 Å². The summed E-state index contributed by atoms with van der Waals surface area (Å²) >= 11 is 0. The predicted molar refractivity (Wildman–Crippen MR) is 142 cm³/mol. The van der Waals surface area contributed by atoms with Crippen molar-refractivity contribution in [3.05, 3.63) is 58.7 Å². The van der Waals surface area contributed by atoms with E-state index in [1.54, 1.807) is 36.4 Å². The van der Waals surface area contributed by atoms with Gasteiger partial charge in [-0.25, -0.2) is 0 Å². The number of aliphatic hydroxyl groups excluding tert-OH is 1. The lowest BCUT2D eigenvalue weighted by atomic mass is 9.82. The number of aliphatic carboxylic acids is 1. The third kappa shape index (κ3) is 7.69. The number of aldehydes is 1. The van der Waals surface area contributed by atoms with Crippen molar-refractivity contribution in [2.45, 2.75) is 50.6 Å². The number of benzene rings is 2. The van der Waals surface area contributed by atoms with E-state index in [2.05, 4.69) is 10.6 Å². The van der Waals surface area contributed by atoms with Gasteiger partial charge < -0.3 is 37.1 Å². The van der Waals surface area contributed by atoms with Gasteiger partial charge in [0, 0.05) is 42.7 Å². The Morgan fingerprint density at radius 1 is 0.838 bits per heavy atom. The van der Waals surface area contributed by atoms with Crippen molar-refractivity contribution < 1.29 is 29.4 Å². The van der Waals surface area contributed by atoms with Gasteiger partial charge in [0.2, 0.25) is 0 Å². The highest BCUT2D eigenvalue weighted by molar-refractivity contribution is 6.31. The van der Waals surface area contributed by atoms with Crippen molar-refractivity contribution in [1.82, 2.24) is 0 Å². The molecule has 3 rings (SSSR count). The number of aliphatic hydroxyl groups is 1. The highest BCUT2D eigenvalue weighted by atomic mass is 16.4. The van der Waals surface area contributed by atoms with E-state index in [0.29, 0.717) is 72.4 Å². The normalized spacial score (nSPS) is 13.4. The van der Waals surface area contributed by atoms with Gasteiger partial charge in [-0.15, -0.1) is 0 Å². The third-order valence-electron chi connectivity index (χ3n) is 6.10. The Hall–Kier alpha value is -3.60. The Labute approximate surface area is 216 Å². The van der Waals surface area contributed by atoms with Gasteiger partial charge in [0.25, 0.3) is 0 Å². The summed E-state index contributed by atoms with van der Waals surface area (Å²) < 4.78 is 0. The Morgan fingerprint density at radius 2 is 1.30 bits per heavy atom. The molecular weight excluding hydrogens is 476 g/mol. The molecule has 37 heavy (non-hydrogen) atoms. The van der Waals surface area contributed by atoms with E-state index in [4.69, 9.17) is 21.7 Å². The molecule has 2 unspecified atom stereocenters. The molecule has 1 aliphatic rings. The topological polar surface area (TPSA) is 185 Å². The smallest absolute Gasteiger partial charge is 0.320 e. The molecule has 0 aromatic heterocycles. The van der Waals surface area contributed by atoms with E-state index < -0.39 is 18.1 Å². The van der Waals surface area contributed by atoms with Crippen LogP contribution in [-0.4, -0.2) is 66.3 Å². The summed E-state index contributed by atoms with van der Waals surface area (Å²) in [6.45, 7) is 1.07. The quantitative estimate of drug-likeness (QED) is 0.138. The van der Waals surface area contributed by atoms with Gasteiger partial charge in [-0.2, -0.15) is 0 Å². The maximum Gasteiger partial charge on any atom is 0.320 e. The number of unbranched alkanes of at least 4 members (excludes halogenated alkanes) is 2. The molecule has 2 aromatic carbocycles. The Kier molecular flexibility index (Phi) is 11.9. The Bertz CT molecular complexity index is 1100. The van der Waals surface area contributed by atoms with E-state index in [1.165, 1.54) is 0 Å². The summed E-state index contributed by atoms with van der Waals surface area (Å²) in [6, 6.07) is 9.01. The van der Waals surface area contributed by atoms with Crippen molar-refractivity contribution in [3.8, 4) is 0 Å². The Balaban J connectivity index is 0.00000235. The maximum absolute atomic E-state index is 13.4. The molecule has 0 fully saturated rings. The molecule has 8 N–H and O–H groups in total. The van der Waals surface area contributed by atoms with Crippen LogP contribution in [0.4, 0.5) is 11.4 Å². The summed E-state index contributed by atoms with van der Waals surface area (Å²) in [7, 11) is 1.00. The second-order valence-corrected chi connectivity index (χ2v) is 8.70. The maximum atomic E-state index is 13.4. The number of hydrogen-bond acceptors (Lipinski definition) is 9. The molecule has 0 spiro atoms. The molecule has 1 aliphatic carbocycles. The van der Waals surface area contributed by atoms with Crippen LogP contribution in [0.25, 0.3) is 0 Å². The van der Waals surface area contributed by atoms with Gasteiger partial charge in [-0.05, 0) is 50.7 Å². The fourth-order valence-electron chi connectivity index (χ4n) is 4.15. The van der Waals surface area contributed by atoms with Crippen LogP contribution in [0, 0.1) is 0 Å². The van der Waals surface area contributed by atoms with Crippen molar-refractivity contribution in [1.29, 1.82) is 0 Å². The van der Waals surface area contributed by atoms with E-state index in [9.17, 15) is 19.2 Å². The van der Waals surface area contributed by atoms with Gasteiger partial charge in [0.05, 0.1) is 17.2 Å². The molecule has 2 atom stereocenters. The number of rotatable bonds is 14. The Morgan fingerprint density at radius 3 is 1.73 bits per heavy atom. The SMILES string of the molecule is CO.NC(C=O)CCCCNc1ccc(NCCCCC(N)C(=O)O)c2c1C(=O)c1ccccc1C2=O. The summed E-state index contributed by atoms with van der Waals surface area (Å²) in [5.41, 5.74) is 13.8. The molecule has 0 radical (unpaired) electrons. The number of carboxylic acids is 1. The summed E-state index contributed by atoms with van der Waals surface area (Å²) in [4.78, 5) is 48.4. The molecule has 0 amide bonds. The fourth-order valence-corrected chi connectivity index (χ4v) is 4.15. The zero-order chi connectivity index (χ0) is 27.4. The van der Waals surface area contributed by atoms with E-state index in [-0.39, 0.29) is 11.6 Å². The largest absolute Gasteiger partial charge is 0.480 e. The molecule has 0 heterocycles. The van der Waals surface area contributed by atoms with Crippen LogP contribution >= 0.6 is 0 Å². The standard InChI is InChI=1S/C26H32N4O5.CH4O/c27-16(15-31)7-3-5-13-29-20-11-12-21(30-14-6-4-10-19(28)26(34)35)23-22(20)24(32)17-8-1-2-9-18(17)25(23)33;1-2/h1-2,8-9,11-12,15-16,19,29-30H,3-7,10,13-14,27-28H2,(H,34,35);2H,1H3. The van der Waals surface area contributed by atoms with Crippen molar-refractivity contribution in [2.24, 2.45) is 11.5 Å². The molecule has 10 nitrogen and oxygen atoms in total. The molecular formula is C27H36N4O6. The lowest BCUT2D eigenvalue weighted by molar-refractivity contribution is -0.138. The molecule has 2 aromatic rings. The van der Waals surface area contributed by atoms with E-state index in [1.807, 2.05) is 0 Å². The monoisotopic (exact) mass is 512 g/mol. The molecule has 0 saturated carbocycles. The number of carboxylic acid groups (broad SMARTS) is 1. The number of nitrogens with two attached hydrogens (primary N) is 2. The number of nitrogens with one attached hydrogen (secondary N) is 2. The first-order chi connectivity index (χ1) is 17.8. The van der Waals surface area contributed by atoms with Crippen LogP contribution in [0.5, 0.6) is 0 Å². The van der Waals surface area contributed by atoms with Crippen LogP contribution < -0.4 is 22.1 Å². The van der Waals surface area contributed by atoms with Crippen molar-refractivity contribution in [2.75, 3.05) is 30.8 Å². The molecule has 0 saturated heterocycles. The minimum Gasteiger partial charge on any atom is -0.480 e. The number of carbonyl (C=O) groups is 4. The van der Waals surface area contributed by atoms with Crippen LogP contribution in [0.1, 0.15) is 70.4 Å². The average molecular weight is 513 g/mol. The van der Waals surface area contributed by atoms with E-state index >= 15 is 0 Å². The summed E-state index contributed by atoms with van der Waals surface area (Å²) in [5, 5.41) is 22.4. The minimum absolute atomic E-state index is 0.211. The van der Waals surface area contributed by atoms with Crippen LogP contribution in [0.3, 0.4) is 0 Å². The second-order valence-electron chi connectivity index (χ2n) is 8.70. The first-order valence-corrected chi connectivity index (χ1v) is 12.3. The van der Waals surface area contributed by atoms with Crippen molar-refractivity contribution >= 4 is 35.2 Å². The van der Waals surface area contributed by atoms with Gasteiger partial charge in [-0.3, -0.25) is 14.4 Å². The predicted octanol–water partition coefficient (Wildman–Crippen LogP) is 2.17. The lowest BCUT2D eigenvalue weighted by Crippen LogP contribution is -2.29. The number of carbonyl (C=O) groups excluding carboxylic acids is 3. The molecule has 0 bridgehead atoms. The first kappa shape index (κ1) is 29.6. The van der Waals surface area contributed by atoms with Gasteiger partial charge in [0.1, 0.15) is 12.3 Å². The van der Waals surface area contributed by atoms with Crippen LogP contribution in [-0.2, 0) is 9.59 Å². The number of hydrogen-bond donors (Lipinski definition) is 6. The second kappa shape index (κ2) is 14.8. The van der Waals surface area contributed by atoms with Gasteiger partial charge >= 0.3 is 5.97 Å². The fraction of sp³-hybridized carbons (Fsp3) is 0.407.